The molecule has 0 radical (unpaired) electrons. The van der Waals surface area contributed by atoms with Crippen molar-refractivity contribution in [3.63, 3.8) is 0 Å². The van der Waals surface area contributed by atoms with E-state index in [1.54, 1.807) is 38.5 Å². The number of ether oxygens (including phenoxy) is 2. The van der Waals surface area contributed by atoms with E-state index in [2.05, 4.69) is 12.1 Å². The minimum atomic E-state index is -0.962. The monoisotopic (exact) mass is 459 g/mol. The van der Waals surface area contributed by atoms with Crippen molar-refractivity contribution in [1.29, 1.82) is 0 Å². The van der Waals surface area contributed by atoms with Crippen molar-refractivity contribution in [2.75, 3.05) is 19.1 Å². The van der Waals surface area contributed by atoms with Gasteiger partial charge in [0.25, 0.3) is 0 Å². The fourth-order valence-electron chi connectivity index (χ4n) is 6.57. The molecule has 0 spiro atoms. The number of halogens is 1. The Balaban J connectivity index is 1.68. The number of rotatable bonds is 4. The molecule has 1 fully saturated rings. The van der Waals surface area contributed by atoms with Crippen LogP contribution in [0.25, 0.3) is 0 Å². The summed E-state index contributed by atoms with van der Waals surface area (Å²) >= 11 is 6.22. The molecule has 2 amide bonds. The van der Waals surface area contributed by atoms with Crippen molar-refractivity contribution in [2.24, 2.45) is 11.8 Å². The number of carbonyl (C=O) groups excluding carboxylic acids is 2. The summed E-state index contributed by atoms with van der Waals surface area (Å²) in [6.45, 7) is 0. The largest absolute Gasteiger partial charge is 0.355 e. The van der Waals surface area contributed by atoms with E-state index in [1.165, 1.54) is 4.90 Å². The Bertz CT molecular complexity index is 1250. The first kappa shape index (κ1) is 20.6. The number of amides is 2. The van der Waals surface area contributed by atoms with Crippen LogP contribution in [0.2, 0.25) is 5.02 Å². The second-order valence-corrected chi connectivity index (χ2v) is 9.26. The molecule has 5 nitrogen and oxygen atoms in total. The minimum absolute atomic E-state index is 0.211. The highest BCUT2D eigenvalue weighted by atomic mass is 35.5. The van der Waals surface area contributed by atoms with Crippen LogP contribution in [0.3, 0.4) is 0 Å². The van der Waals surface area contributed by atoms with E-state index in [4.69, 9.17) is 21.1 Å². The average molecular weight is 460 g/mol. The lowest BCUT2D eigenvalue weighted by atomic mass is 9.47. The molecular formula is C27H22ClNO4. The Morgan fingerprint density at radius 2 is 1.45 bits per heavy atom. The summed E-state index contributed by atoms with van der Waals surface area (Å²) in [6.07, 6.45) is -0.760. The SMILES string of the molecule is COC(OC)C12c3ccccc3C(c3ccccc31)C1C(=O)N(c3cccc(Cl)c3)C(=O)C12. The van der Waals surface area contributed by atoms with E-state index in [1.807, 2.05) is 36.4 Å². The maximum Gasteiger partial charge on any atom is 0.239 e. The maximum absolute atomic E-state index is 14.2. The molecular weight excluding hydrogens is 438 g/mol. The first-order chi connectivity index (χ1) is 16.1. The first-order valence-electron chi connectivity index (χ1n) is 10.9. The summed E-state index contributed by atoms with van der Waals surface area (Å²) in [7, 11) is 3.17. The number of carbonyl (C=O) groups is 2. The molecule has 1 heterocycles. The topological polar surface area (TPSA) is 55.8 Å². The van der Waals surface area contributed by atoms with Crippen LogP contribution in [0.5, 0.6) is 0 Å². The van der Waals surface area contributed by atoms with E-state index >= 15 is 0 Å². The molecule has 3 aromatic carbocycles. The Hall–Kier alpha value is -2.99. The normalized spacial score (nSPS) is 27.0. The number of methoxy groups -OCH3 is 2. The standard InChI is InChI=1S/C27H22ClNO4/c1-32-26(33-2)27-19-12-5-3-10-17(19)21(18-11-4-6-13-20(18)27)22-23(27)25(31)29(24(22)30)16-9-7-8-15(28)14-16/h3-14,21-23,26H,1-2H3. The van der Waals surface area contributed by atoms with Crippen LogP contribution >= 0.6 is 11.6 Å². The molecule has 2 atom stereocenters. The maximum atomic E-state index is 14.2. The van der Waals surface area contributed by atoms with Crippen molar-refractivity contribution < 1.29 is 19.1 Å². The van der Waals surface area contributed by atoms with Gasteiger partial charge < -0.3 is 9.47 Å². The van der Waals surface area contributed by atoms with Crippen LogP contribution in [0.15, 0.2) is 72.8 Å². The molecule has 0 saturated carbocycles. The van der Waals surface area contributed by atoms with Crippen molar-refractivity contribution in [2.45, 2.75) is 17.6 Å². The fraction of sp³-hybridized carbons (Fsp3) is 0.259. The van der Waals surface area contributed by atoms with Crippen LogP contribution in [0.1, 0.15) is 28.2 Å². The van der Waals surface area contributed by atoms with Crippen molar-refractivity contribution in [3.05, 3.63) is 100 Å². The summed E-state index contributed by atoms with van der Waals surface area (Å²) in [5.74, 6) is -1.91. The zero-order valence-corrected chi connectivity index (χ0v) is 19.0. The molecule has 2 unspecified atom stereocenters. The second kappa shape index (κ2) is 7.26. The van der Waals surface area contributed by atoms with Crippen LogP contribution in [0.4, 0.5) is 5.69 Å². The van der Waals surface area contributed by atoms with E-state index in [0.29, 0.717) is 10.7 Å². The highest BCUT2D eigenvalue weighted by molar-refractivity contribution is 6.31. The number of imide groups is 1. The van der Waals surface area contributed by atoms with Gasteiger partial charge in [-0.2, -0.15) is 0 Å². The molecule has 3 aromatic rings. The van der Waals surface area contributed by atoms with Gasteiger partial charge in [0.15, 0.2) is 6.29 Å². The lowest BCUT2D eigenvalue weighted by Gasteiger charge is -2.56. The Morgan fingerprint density at radius 3 is 2.03 bits per heavy atom. The molecule has 7 rings (SSSR count). The highest BCUT2D eigenvalue weighted by Gasteiger charge is 2.71. The first-order valence-corrected chi connectivity index (χ1v) is 11.3. The van der Waals surface area contributed by atoms with Gasteiger partial charge in [0, 0.05) is 25.2 Å². The third-order valence-corrected chi connectivity index (χ3v) is 7.79. The average Bonchev–Trinajstić information content (AvgIpc) is 3.11. The van der Waals surface area contributed by atoms with Crippen LogP contribution in [0, 0.1) is 11.8 Å². The van der Waals surface area contributed by atoms with Gasteiger partial charge in [0.2, 0.25) is 11.8 Å². The molecule has 0 N–H and O–H groups in total. The van der Waals surface area contributed by atoms with Gasteiger partial charge in [-0.1, -0.05) is 66.2 Å². The summed E-state index contributed by atoms with van der Waals surface area (Å²) in [6, 6.07) is 23.0. The van der Waals surface area contributed by atoms with Gasteiger partial charge in [0.05, 0.1) is 22.9 Å². The molecule has 33 heavy (non-hydrogen) atoms. The zero-order valence-electron chi connectivity index (χ0n) is 18.2. The lowest BCUT2D eigenvalue weighted by Crippen LogP contribution is -2.60. The van der Waals surface area contributed by atoms with Crippen LogP contribution in [-0.2, 0) is 24.5 Å². The van der Waals surface area contributed by atoms with Gasteiger partial charge in [0.1, 0.15) is 0 Å². The third-order valence-electron chi connectivity index (χ3n) is 7.55. The molecule has 4 aliphatic rings. The third kappa shape index (κ3) is 2.45. The van der Waals surface area contributed by atoms with Gasteiger partial charge >= 0.3 is 0 Å². The summed E-state index contributed by atoms with van der Waals surface area (Å²) in [5.41, 5.74) is 3.59. The van der Waals surface area contributed by atoms with E-state index in [0.717, 1.165) is 22.3 Å². The molecule has 6 heteroatoms. The smallest absolute Gasteiger partial charge is 0.239 e. The number of benzene rings is 3. The van der Waals surface area contributed by atoms with E-state index in [9.17, 15) is 9.59 Å². The highest BCUT2D eigenvalue weighted by Crippen LogP contribution is 2.65. The zero-order chi connectivity index (χ0) is 22.9. The molecule has 166 valence electrons. The molecule has 3 aliphatic carbocycles. The van der Waals surface area contributed by atoms with Crippen LogP contribution in [-0.4, -0.2) is 32.3 Å². The lowest BCUT2D eigenvalue weighted by molar-refractivity contribution is -0.168. The second-order valence-electron chi connectivity index (χ2n) is 8.82. The minimum Gasteiger partial charge on any atom is -0.355 e. The van der Waals surface area contributed by atoms with E-state index < -0.39 is 23.5 Å². The number of nitrogens with zero attached hydrogens (tertiary/aromatic N) is 1. The summed E-state index contributed by atoms with van der Waals surface area (Å²) in [5, 5.41) is 0.471. The molecule has 1 aliphatic heterocycles. The van der Waals surface area contributed by atoms with E-state index in [-0.39, 0.29) is 17.7 Å². The Morgan fingerprint density at radius 1 is 0.848 bits per heavy atom. The van der Waals surface area contributed by atoms with Crippen molar-refractivity contribution in [1.82, 2.24) is 0 Å². The number of hydrogen-bond donors (Lipinski definition) is 0. The van der Waals surface area contributed by atoms with Gasteiger partial charge in [-0.05, 0) is 40.5 Å². The van der Waals surface area contributed by atoms with Gasteiger partial charge in [-0.25, -0.2) is 4.90 Å². The van der Waals surface area contributed by atoms with Gasteiger partial charge in [-0.3, -0.25) is 9.59 Å². The quantitative estimate of drug-likeness (QED) is 0.425. The Labute approximate surface area is 196 Å². The van der Waals surface area contributed by atoms with Gasteiger partial charge in [-0.15, -0.1) is 0 Å². The fourth-order valence-corrected chi connectivity index (χ4v) is 6.75. The predicted molar refractivity (Wildman–Crippen MR) is 124 cm³/mol. The molecule has 1 saturated heterocycles. The molecule has 0 aromatic heterocycles. The number of hydrogen-bond acceptors (Lipinski definition) is 4. The van der Waals surface area contributed by atoms with Crippen molar-refractivity contribution in [3.8, 4) is 0 Å². The number of anilines is 1. The predicted octanol–water partition coefficient (Wildman–Crippen LogP) is 4.51. The molecule has 2 bridgehead atoms. The van der Waals surface area contributed by atoms with Crippen molar-refractivity contribution >= 4 is 29.1 Å². The van der Waals surface area contributed by atoms with Crippen LogP contribution < -0.4 is 4.90 Å². The Kier molecular flexibility index (Phi) is 4.53. The summed E-state index contributed by atoms with van der Waals surface area (Å²) < 4.78 is 11.8. The summed E-state index contributed by atoms with van der Waals surface area (Å²) in [4.78, 5) is 29.5.